The summed E-state index contributed by atoms with van der Waals surface area (Å²) >= 11 is 0. The Morgan fingerprint density at radius 3 is 2.88 bits per heavy atom. The molecule has 0 saturated carbocycles. The van der Waals surface area contributed by atoms with Crippen LogP contribution in [0.15, 0.2) is 0 Å². The van der Waals surface area contributed by atoms with Crippen molar-refractivity contribution in [3.8, 4) is 6.01 Å². The van der Waals surface area contributed by atoms with Crippen LogP contribution >= 0.6 is 0 Å². The molecule has 1 aromatic rings. The molecule has 0 radical (unpaired) electrons. The fraction of sp³-hybridized carbons (Fsp3) is 0.500. The highest BCUT2D eigenvalue weighted by atomic mass is 16.5. The molecule has 0 bridgehead atoms. The average molecular weight is 242 g/mol. The second-order valence-electron chi connectivity index (χ2n) is 3.12. The fourth-order valence-electron chi connectivity index (χ4n) is 1.000. The number of nitrogens with two attached hydrogens (primary N) is 1. The maximum Gasteiger partial charge on any atom is 0.337 e. The van der Waals surface area contributed by atoms with Crippen molar-refractivity contribution >= 4 is 17.9 Å². The van der Waals surface area contributed by atoms with Crippen molar-refractivity contribution in [1.29, 1.82) is 0 Å². The van der Waals surface area contributed by atoms with Gasteiger partial charge in [0.25, 0.3) is 0 Å². The van der Waals surface area contributed by atoms with E-state index in [1.807, 2.05) is 0 Å². The minimum atomic E-state index is -0.778. The van der Waals surface area contributed by atoms with Gasteiger partial charge in [-0.15, -0.1) is 5.10 Å². The second-order valence-corrected chi connectivity index (χ2v) is 3.12. The summed E-state index contributed by atoms with van der Waals surface area (Å²) in [6.45, 7) is 3.69. The van der Waals surface area contributed by atoms with Crippen LogP contribution in [0.25, 0.3) is 0 Å². The SMILES string of the molecule is CCOc1n[nH]c(NC(=O)C(C)NC(N)=O)n1. The smallest absolute Gasteiger partial charge is 0.337 e. The Hall–Kier alpha value is -2.32. The quantitative estimate of drug-likeness (QED) is 0.536. The molecule has 1 aromatic heterocycles. The number of H-pyrrole nitrogens is 1. The lowest BCUT2D eigenvalue weighted by molar-refractivity contribution is -0.117. The topological polar surface area (TPSA) is 135 Å². The van der Waals surface area contributed by atoms with Gasteiger partial charge in [-0.1, -0.05) is 0 Å². The Morgan fingerprint density at radius 1 is 1.59 bits per heavy atom. The van der Waals surface area contributed by atoms with Crippen LogP contribution in [0.5, 0.6) is 6.01 Å². The highest BCUT2D eigenvalue weighted by Crippen LogP contribution is 2.05. The van der Waals surface area contributed by atoms with Crippen molar-refractivity contribution < 1.29 is 14.3 Å². The van der Waals surface area contributed by atoms with Gasteiger partial charge in [-0.3, -0.25) is 10.1 Å². The van der Waals surface area contributed by atoms with E-state index in [0.717, 1.165) is 0 Å². The van der Waals surface area contributed by atoms with Crippen molar-refractivity contribution in [3.63, 3.8) is 0 Å². The maximum absolute atomic E-state index is 11.5. The van der Waals surface area contributed by atoms with Crippen LogP contribution in [0.4, 0.5) is 10.7 Å². The minimum Gasteiger partial charge on any atom is -0.463 e. The van der Waals surface area contributed by atoms with E-state index in [0.29, 0.717) is 6.61 Å². The van der Waals surface area contributed by atoms with Crippen LogP contribution in [-0.2, 0) is 4.79 Å². The van der Waals surface area contributed by atoms with Gasteiger partial charge in [-0.25, -0.2) is 9.89 Å². The summed E-state index contributed by atoms with van der Waals surface area (Å²) in [5, 5.41) is 10.8. The summed E-state index contributed by atoms with van der Waals surface area (Å²) in [5.74, 6) is -0.334. The molecule has 3 amide bonds. The summed E-state index contributed by atoms with van der Waals surface area (Å²) in [6.07, 6.45) is 0. The number of carbonyl (C=O) groups is 2. The first-order chi connectivity index (χ1) is 8.02. The van der Waals surface area contributed by atoms with Crippen molar-refractivity contribution in [3.05, 3.63) is 0 Å². The van der Waals surface area contributed by atoms with Crippen LogP contribution in [0.2, 0.25) is 0 Å². The van der Waals surface area contributed by atoms with Gasteiger partial charge in [-0.2, -0.15) is 4.98 Å². The number of hydrogen-bond donors (Lipinski definition) is 4. The number of amides is 3. The summed E-state index contributed by atoms with van der Waals surface area (Å²) < 4.78 is 5.00. The molecule has 0 saturated heterocycles. The van der Waals surface area contributed by atoms with Gasteiger partial charge in [-0.05, 0) is 13.8 Å². The number of aromatic amines is 1. The van der Waals surface area contributed by atoms with E-state index in [1.165, 1.54) is 6.92 Å². The lowest BCUT2D eigenvalue weighted by Crippen LogP contribution is -2.44. The number of primary amides is 1. The first kappa shape index (κ1) is 12.7. The van der Waals surface area contributed by atoms with Crippen LogP contribution in [0, 0.1) is 0 Å². The minimum absolute atomic E-state index is 0.136. The lowest BCUT2D eigenvalue weighted by atomic mass is 10.3. The van der Waals surface area contributed by atoms with Gasteiger partial charge in [0.2, 0.25) is 11.9 Å². The molecule has 94 valence electrons. The van der Waals surface area contributed by atoms with E-state index < -0.39 is 18.0 Å². The molecule has 0 aliphatic rings. The maximum atomic E-state index is 11.5. The van der Waals surface area contributed by atoms with Gasteiger partial charge >= 0.3 is 12.0 Å². The highest BCUT2D eigenvalue weighted by Gasteiger charge is 2.15. The molecule has 0 aromatic carbocycles. The Labute approximate surface area is 97.1 Å². The van der Waals surface area contributed by atoms with Crippen molar-refractivity contribution in [1.82, 2.24) is 20.5 Å². The zero-order chi connectivity index (χ0) is 12.8. The first-order valence-electron chi connectivity index (χ1n) is 4.95. The number of rotatable bonds is 5. The molecule has 9 heteroatoms. The number of hydrogen-bond acceptors (Lipinski definition) is 5. The molecular formula is C8H14N6O3. The van der Waals surface area contributed by atoms with Crippen molar-refractivity contribution in [2.24, 2.45) is 5.73 Å². The summed E-state index contributed by atoms with van der Waals surface area (Å²) in [7, 11) is 0. The molecule has 0 spiro atoms. The Balaban J connectivity index is 2.52. The number of ether oxygens (including phenoxy) is 1. The van der Waals surface area contributed by atoms with E-state index >= 15 is 0 Å². The summed E-state index contributed by atoms with van der Waals surface area (Å²) in [4.78, 5) is 25.9. The standard InChI is InChI=1S/C8H14N6O3/c1-3-17-8-12-7(13-14-8)11-5(15)4(2)10-6(9)16/h4H,3H2,1-2H3,(H3,9,10,16)(H2,11,12,13,14,15). The van der Waals surface area contributed by atoms with Crippen LogP contribution in [-0.4, -0.2) is 39.8 Å². The van der Waals surface area contributed by atoms with Crippen LogP contribution in [0.1, 0.15) is 13.8 Å². The zero-order valence-electron chi connectivity index (χ0n) is 9.48. The molecule has 1 rings (SSSR count). The number of urea groups is 1. The second kappa shape index (κ2) is 5.68. The normalized spacial score (nSPS) is 11.6. The molecule has 17 heavy (non-hydrogen) atoms. The van der Waals surface area contributed by atoms with Crippen LogP contribution < -0.4 is 21.1 Å². The zero-order valence-corrected chi connectivity index (χ0v) is 9.48. The highest BCUT2D eigenvalue weighted by molar-refractivity contribution is 5.95. The molecular weight excluding hydrogens is 228 g/mol. The first-order valence-corrected chi connectivity index (χ1v) is 4.95. The van der Waals surface area contributed by atoms with Gasteiger partial charge in [0.15, 0.2) is 0 Å². The molecule has 1 heterocycles. The molecule has 0 aliphatic heterocycles. The monoisotopic (exact) mass is 242 g/mol. The molecule has 9 nitrogen and oxygen atoms in total. The van der Waals surface area contributed by atoms with Gasteiger partial charge in [0.1, 0.15) is 6.04 Å². The van der Waals surface area contributed by atoms with E-state index in [9.17, 15) is 9.59 Å². The predicted molar refractivity (Wildman–Crippen MR) is 58.4 cm³/mol. The fourth-order valence-corrected chi connectivity index (χ4v) is 1.000. The Bertz CT molecular complexity index is 404. The molecule has 0 fully saturated rings. The third kappa shape index (κ3) is 3.97. The molecule has 0 aliphatic carbocycles. The van der Waals surface area contributed by atoms with E-state index in [4.69, 9.17) is 10.5 Å². The molecule has 1 atom stereocenters. The van der Waals surface area contributed by atoms with E-state index in [1.54, 1.807) is 6.92 Å². The van der Waals surface area contributed by atoms with E-state index in [-0.39, 0.29) is 12.0 Å². The molecule has 5 N–H and O–H groups in total. The predicted octanol–water partition coefficient (Wildman–Crippen LogP) is -0.801. The van der Waals surface area contributed by atoms with Crippen LogP contribution in [0.3, 0.4) is 0 Å². The van der Waals surface area contributed by atoms with Crippen molar-refractivity contribution in [2.45, 2.75) is 19.9 Å². The number of aromatic nitrogens is 3. The summed E-state index contributed by atoms with van der Waals surface area (Å²) in [5.41, 5.74) is 4.88. The largest absolute Gasteiger partial charge is 0.463 e. The van der Waals surface area contributed by atoms with Gasteiger partial charge in [0, 0.05) is 0 Å². The number of nitrogens with one attached hydrogen (secondary N) is 3. The van der Waals surface area contributed by atoms with Crippen molar-refractivity contribution in [2.75, 3.05) is 11.9 Å². The summed E-state index contributed by atoms with van der Waals surface area (Å²) in [6, 6.07) is -1.41. The Kier molecular flexibility index (Phi) is 4.26. The Morgan fingerprint density at radius 2 is 2.29 bits per heavy atom. The number of anilines is 1. The molecule has 1 unspecified atom stereocenters. The van der Waals surface area contributed by atoms with Gasteiger partial charge < -0.3 is 15.8 Å². The number of nitrogens with zero attached hydrogens (tertiary/aromatic N) is 2. The third-order valence-corrected chi connectivity index (χ3v) is 1.73. The van der Waals surface area contributed by atoms with Gasteiger partial charge in [0.05, 0.1) is 6.61 Å². The van der Waals surface area contributed by atoms with E-state index in [2.05, 4.69) is 25.8 Å². The number of carbonyl (C=O) groups excluding carboxylic acids is 2. The third-order valence-electron chi connectivity index (χ3n) is 1.73. The lowest BCUT2D eigenvalue weighted by Gasteiger charge is -2.10. The average Bonchev–Trinajstić information content (AvgIpc) is 2.65.